The van der Waals surface area contributed by atoms with E-state index in [1.165, 1.54) is 17.0 Å². The summed E-state index contributed by atoms with van der Waals surface area (Å²) in [7, 11) is 0. The Balaban J connectivity index is 1.83. The second-order valence-electron chi connectivity index (χ2n) is 6.38. The summed E-state index contributed by atoms with van der Waals surface area (Å²) in [4.78, 5) is 36.8. The van der Waals surface area contributed by atoms with Gasteiger partial charge in [-0.05, 0) is 37.6 Å². The number of carbonyl (C=O) groups excluding carboxylic acids is 2. The lowest BCUT2D eigenvalue weighted by atomic mass is 10.1. The number of anilines is 2. The summed E-state index contributed by atoms with van der Waals surface area (Å²) in [5.74, 6) is -0.222. The molecule has 8 heteroatoms. The zero-order valence-corrected chi connectivity index (χ0v) is 15.0. The summed E-state index contributed by atoms with van der Waals surface area (Å²) in [5, 5.41) is 13.7. The quantitative estimate of drug-likeness (QED) is 0.659. The molecule has 0 fully saturated rings. The van der Waals surface area contributed by atoms with E-state index in [9.17, 15) is 19.7 Å². The molecular formula is C19H19N3O5. The lowest BCUT2D eigenvalue weighted by Crippen LogP contribution is -2.41. The maximum Gasteiger partial charge on any atom is 0.273 e. The zero-order chi connectivity index (χ0) is 19.6. The van der Waals surface area contributed by atoms with Gasteiger partial charge in [0.1, 0.15) is 5.75 Å². The van der Waals surface area contributed by atoms with Crippen LogP contribution in [0, 0.1) is 17.0 Å². The van der Waals surface area contributed by atoms with Gasteiger partial charge in [0, 0.05) is 18.5 Å². The molecule has 1 N–H and O–H groups in total. The van der Waals surface area contributed by atoms with E-state index in [1.807, 2.05) is 0 Å². The van der Waals surface area contributed by atoms with Gasteiger partial charge in [-0.3, -0.25) is 19.7 Å². The number of benzene rings is 2. The van der Waals surface area contributed by atoms with E-state index in [1.54, 1.807) is 44.2 Å². The Bertz CT molecular complexity index is 912. The highest BCUT2D eigenvalue weighted by Gasteiger charge is 2.29. The average molecular weight is 369 g/mol. The molecule has 0 aliphatic carbocycles. The fraction of sp³-hybridized carbons (Fsp3) is 0.263. The number of aryl methyl sites for hydroxylation is 1. The van der Waals surface area contributed by atoms with Gasteiger partial charge >= 0.3 is 0 Å². The molecule has 140 valence electrons. The lowest BCUT2D eigenvalue weighted by molar-refractivity contribution is -0.384. The highest BCUT2D eigenvalue weighted by molar-refractivity contribution is 6.04. The standard InChI is InChI=1S/C19H19N3O5/c1-12-7-8-14(22(25)26)10-17(12)27-11-19(24)21-13(2)9-18(23)20-15-5-3-4-6-16(15)21/h3-8,10,13H,9,11H2,1-2H3,(H,20,23)/t13-/m0/s1. The number of non-ortho nitro benzene ring substituents is 1. The van der Waals surface area contributed by atoms with Crippen LogP contribution in [0.25, 0.3) is 0 Å². The molecule has 8 nitrogen and oxygen atoms in total. The Hall–Kier alpha value is -3.42. The molecule has 0 bridgehead atoms. The van der Waals surface area contributed by atoms with E-state index < -0.39 is 4.92 Å². The van der Waals surface area contributed by atoms with Gasteiger partial charge in [-0.1, -0.05) is 12.1 Å². The van der Waals surface area contributed by atoms with Crippen LogP contribution in [0.2, 0.25) is 0 Å². The number of amides is 2. The number of ether oxygens (including phenoxy) is 1. The molecule has 0 radical (unpaired) electrons. The molecule has 0 saturated carbocycles. The van der Waals surface area contributed by atoms with Crippen LogP contribution in [0.15, 0.2) is 42.5 Å². The molecule has 27 heavy (non-hydrogen) atoms. The molecule has 1 atom stereocenters. The summed E-state index contributed by atoms with van der Waals surface area (Å²) in [5.41, 5.74) is 1.74. The van der Waals surface area contributed by atoms with E-state index in [-0.39, 0.29) is 42.3 Å². The molecule has 1 aliphatic rings. The van der Waals surface area contributed by atoms with Crippen LogP contribution in [-0.4, -0.2) is 29.4 Å². The molecule has 0 aromatic heterocycles. The fourth-order valence-corrected chi connectivity index (χ4v) is 3.03. The summed E-state index contributed by atoms with van der Waals surface area (Å²) >= 11 is 0. The molecular weight excluding hydrogens is 350 g/mol. The first-order chi connectivity index (χ1) is 12.9. The second-order valence-corrected chi connectivity index (χ2v) is 6.38. The molecule has 0 saturated heterocycles. The minimum absolute atomic E-state index is 0.105. The number of carbonyl (C=O) groups is 2. The van der Waals surface area contributed by atoms with Gasteiger partial charge in [-0.15, -0.1) is 0 Å². The van der Waals surface area contributed by atoms with Gasteiger partial charge in [0.15, 0.2) is 6.61 Å². The highest BCUT2D eigenvalue weighted by atomic mass is 16.6. The van der Waals surface area contributed by atoms with Crippen molar-refractivity contribution in [3.05, 3.63) is 58.1 Å². The number of hydrogen-bond acceptors (Lipinski definition) is 5. The summed E-state index contributed by atoms with van der Waals surface area (Å²) < 4.78 is 5.57. The fourth-order valence-electron chi connectivity index (χ4n) is 3.03. The number of nitro benzene ring substituents is 1. The van der Waals surface area contributed by atoms with Crippen LogP contribution >= 0.6 is 0 Å². The van der Waals surface area contributed by atoms with Gasteiger partial charge in [-0.25, -0.2) is 0 Å². The van der Waals surface area contributed by atoms with E-state index in [0.717, 1.165) is 0 Å². The van der Waals surface area contributed by atoms with Crippen molar-refractivity contribution < 1.29 is 19.2 Å². The Morgan fingerprint density at radius 2 is 2.07 bits per heavy atom. The normalized spacial score (nSPS) is 16.1. The predicted molar refractivity (Wildman–Crippen MR) is 100.0 cm³/mol. The lowest BCUT2D eigenvalue weighted by Gasteiger charge is -2.27. The van der Waals surface area contributed by atoms with Crippen molar-refractivity contribution >= 4 is 28.9 Å². The van der Waals surface area contributed by atoms with E-state index in [0.29, 0.717) is 16.9 Å². The van der Waals surface area contributed by atoms with Crippen LogP contribution in [0.4, 0.5) is 17.1 Å². The van der Waals surface area contributed by atoms with Crippen molar-refractivity contribution in [1.82, 2.24) is 0 Å². The molecule has 2 aromatic carbocycles. The number of hydrogen-bond donors (Lipinski definition) is 1. The molecule has 0 spiro atoms. The largest absolute Gasteiger partial charge is 0.483 e. The number of nitrogens with one attached hydrogen (secondary N) is 1. The Kier molecular flexibility index (Phi) is 5.07. The summed E-state index contributed by atoms with van der Waals surface area (Å²) in [6.45, 7) is 3.24. The number of fused-ring (bicyclic) bond motifs is 1. The number of rotatable bonds is 4. The van der Waals surface area contributed by atoms with Crippen LogP contribution in [0.5, 0.6) is 5.75 Å². The van der Waals surface area contributed by atoms with Gasteiger partial charge in [0.2, 0.25) is 5.91 Å². The molecule has 2 amide bonds. The first-order valence-electron chi connectivity index (χ1n) is 8.45. The van der Waals surface area contributed by atoms with Crippen molar-refractivity contribution in [3.8, 4) is 5.75 Å². The van der Waals surface area contributed by atoms with Gasteiger partial charge in [-0.2, -0.15) is 0 Å². The minimum Gasteiger partial charge on any atom is -0.483 e. The third-order valence-corrected chi connectivity index (χ3v) is 4.36. The molecule has 1 aliphatic heterocycles. The van der Waals surface area contributed by atoms with Gasteiger partial charge in [0.25, 0.3) is 11.6 Å². The van der Waals surface area contributed by atoms with Crippen molar-refractivity contribution in [2.45, 2.75) is 26.3 Å². The monoisotopic (exact) mass is 369 g/mol. The maximum absolute atomic E-state index is 12.9. The Morgan fingerprint density at radius 3 is 2.81 bits per heavy atom. The molecule has 2 aromatic rings. The van der Waals surface area contributed by atoms with E-state index >= 15 is 0 Å². The van der Waals surface area contributed by atoms with Crippen molar-refractivity contribution in [1.29, 1.82) is 0 Å². The van der Waals surface area contributed by atoms with Crippen LogP contribution in [0.3, 0.4) is 0 Å². The van der Waals surface area contributed by atoms with Crippen LogP contribution in [-0.2, 0) is 9.59 Å². The number of nitrogens with zero attached hydrogens (tertiary/aromatic N) is 2. The van der Waals surface area contributed by atoms with Crippen molar-refractivity contribution in [2.75, 3.05) is 16.8 Å². The predicted octanol–water partition coefficient (Wildman–Crippen LogP) is 3.05. The Morgan fingerprint density at radius 1 is 1.33 bits per heavy atom. The number of nitro groups is 1. The van der Waals surface area contributed by atoms with Crippen LogP contribution in [0.1, 0.15) is 18.9 Å². The second kappa shape index (κ2) is 7.45. The summed E-state index contributed by atoms with van der Waals surface area (Å²) in [6.07, 6.45) is 0.163. The van der Waals surface area contributed by atoms with Gasteiger partial charge < -0.3 is 15.0 Å². The number of para-hydroxylation sites is 2. The average Bonchev–Trinajstić information content (AvgIpc) is 2.74. The maximum atomic E-state index is 12.9. The smallest absolute Gasteiger partial charge is 0.273 e. The molecule has 3 rings (SSSR count). The van der Waals surface area contributed by atoms with E-state index in [4.69, 9.17) is 4.74 Å². The zero-order valence-electron chi connectivity index (χ0n) is 15.0. The highest BCUT2D eigenvalue weighted by Crippen LogP contribution is 2.31. The third-order valence-electron chi connectivity index (χ3n) is 4.36. The molecule has 1 heterocycles. The van der Waals surface area contributed by atoms with E-state index in [2.05, 4.69) is 5.32 Å². The minimum atomic E-state index is -0.515. The Labute approximate surface area is 155 Å². The SMILES string of the molecule is Cc1ccc([N+](=O)[O-])cc1OCC(=O)N1c2ccccc2NC(=O)C[C@@H]1C. The molecule has 0 unspecified atom stereocenters. The first kappa shape index (κ1) is 18.4. The van der Waals surface area contributed by atoms with Crippen LogP contribution < -0.4 is 15.0 Å². The van der Waals surface area contributed by atoms with Crippen molar-refractivity contribution in [2.24, 2.45) is 0 Å². The third kappa shape index (κ3) is 3.89. The summed E-state index contributed by atoms with van der Waals surface area (Å²) in [6, 6.07) is 11.0. The topological polar surface area (TPSA) is 102 Å². The first-order valence-corrected chi connectivity index (χ1v) is 8.45. The van der Waals surface area contributed by atoms with Gasteiger partial charge in [0.05, 0.1) is 22.4 Å². The van der Waals surface area contributed by atoms with Crippen molar-refractivity contribution in [3.63, 3.8) is 0 Å².